The molecule has 0 aromatic heterocycles. The minimum atomic E-state index is -0.894. The average molecular weight is 343 g/mol. The predicted octanol–water partition coefficient (Wildman–Crippen LogP) is 2.57. The Hall–Kier alpha value is -2.57. The standard InChI is InChI=1S/C19H21NO5/c1-24-15-8-7-12(11-16(15)25-2)18-13-5-3-4-6-14(13)19(23)20(18)10-9-17(21)22/h3-8,11,18-19,23H,9-10H2,1-2H3,(H,21,22). The van der Waals surface area contributed by atoms with Crippen LogP contribution in [0.5, 0.6) is 11.5 Å². The Morgan fingerprint density at radius 2 is 1.76 bits per heavy atom. The number of aliphatic hydroxyl groups is 1. The number of benzene rings is 2. The highest BCUT2D eigenvalue weighted by Gasteiger charge is 2.38. The van der Waals surface area contributed by atoms with Gasteiger partial charge in [0.15, 0.2) is 11.5 Å². The van der Waals surface area contributed by atoms with Gasteiger partial charge in [-0.25, -0.2) is 0 Å². The van der Waals surface area contributed by atoms with E-state index in [-0.39, 0.29) is 19.0 Å². The third kappa shape index (κ3) is 3.18. The lowest BCUT2D eigenvalue weighted by Crippen LogP contribution is -2.29. The lowest BCUT2D eigenvalue weighted by molar-refractivity contribution is -0.138. The van der Waals surface area contributed by atoms with Crippen LogP contribution in [0.15, 0.2) is 42.5 Å². The summed E-state index contributed by atoms with van der Waals surface area (Å²) in [4.78, 5) is 12.8. The minimum absolute atomic E-state index is 0.0468. The fourth-order valence-electron chi connectivity index (χ4n) is 3.36. The highest BCUT2D eigenvalue weighted by atomic mass is 16.5. The van der Waals surface area contributed by atoms with Crippen LogP contribution < -0.4 is 9.47 Å². The molecule has 1 heterocycles. The molecule has 0 fully saturated rings. The molecule has 0 spiro atoms. The molecule has 0 aliphatic carbocycles. The number of rotatable bonds is 6. The van der Waals surface area contributed by atoms with Crippen molar-refractivity contribution in [3.8, 4) is 11.5 Å². The zero-order chi connectivity index (χ0) is 18.0. The van der Waals surface area contributed by atoms with Crippen molar-refractivity contribution in [1.82, 2.24) is 4.90 Å². The number of aliphatic carboxylic acids is 1. The maximum atomic E-state index is 11.0. The third-order valence-electron chi connectivity index (χ3n) is 4.52. The van der Waals surface area contributed by atoms with Crippen LogP contribution in [-0.4, -0.2) is 41.8 Å². The average Bonchev–Trinajstić information content (AvgIpc) is 2.91. The molecule has 0 bridgehead atoms. The number of ether oxygens (including phenoxy) is 2. The Morgan fingerprint density at radius 3 is 2.40 bits per heavy atom. The van der Waals surface area contributed by atoms with Gasteiger partial charge in [0.2, 0.25) is 0 Å². The molecule has 0 amide bonds. The van der Waals surface area contributed by atoms with Gasteiger partial charge in [0.1, 0.15) is 6.23 Å². The van der Waals surface area contributed by atoms with E-state index in [1.807, 2.05) is 42.5 Å². The SMILES string of the molecule is COc1ccc(C2c3ccccc3C(O)N2CCC(=O)O)cc1OC. The first-order valence-electron chi connectivity index (χ1n) is 8.03. The first-order chi connectivity index (χ1) is 12.1. The number of nitrogens with zero attached hydrogens (tertiary/aromatic N) is 1. The molecule has 2 unspecified atom stereocenters. The second-order valence-corrected chi connectivity index (χ2v) is 5.90. The van der Waals surface area contributed by atoms with E-state index in [1.54, 1.807) is 19.1 Å². The minimum Gasteiger partial charge on any atom is -0.493 e. The molecule has 0 saturated carbocycles. The van der Waals surface area contributed by atoms with Gasteiger partial charge in [-0.3, -0.25) is 9.69 Å². The van der Waals surface area contributed by atoms with E-state index in [1.165, 1.54) is 0 Å². The smallest absolute Gasteiger partial charge is 0.304 e. The molecular formula is C19H21NO5. The van der Waals surface area contributed by atoms with Crippen molar-refractivity contribution in [3.05, 3.63) is 59.2 Å². The summed E-state index contributed by atoms with van der Waals surface area (Å²) in [5.74, 6) is 0.321. The van der Waals surface area contributed by atoms with Crippen LogP contribution in [0.3, 0.4) is 0 Å². The van der Waals surface area contributed by atoms with Gasteiger partial charge < -0.3 is 19.7 Å². The highest BCUT2D eigenvalue weighted by Crippen LogP contribution is 2.45. The fourth-order valence-corrected chi connectivity index (χ4v) is 3.36. The molecule has 6 nitrogen and oxygen atoms in total. The van der Waals surface area contributed by atoms with Gasteiger partial charge in [0, 0.05) is 12.1 Å². The number of carbonyl (C=O) groups is 1. The topological polar surface area (TPSA) is 79.2 Å². The predicted molar refractivity (Wildman–Crippen MR) is 91.7 cm³/mol. The van der Waals surface area contributed by atoms with Gasteiger partial charge in [0.05, 0.1) is 26.7 Å². The molecule has 2 aromatic rings. The summed E-state index contributed by atoms with van der Waals surface area (Å²) in [5.41, 5.74) is 2.67. The van der Waals surface area contributed by atoms with E-state index in [2.05, 4.69) is 0 Å². The zero-order valence-corrected chi connectivity index (χ0v) is 14.2. The van der Waals surface area contributed by atoms with Crippen LogP contribution in [-0.2, 0) is 4.79 Å². The second kappa shape index (κ2) is 7.13. The number of hydrogen-bond donors (Lipinski definition) is 2. The summed E-state index contributed by atoms with van der Waals surface area (Å²) in [6.45, 7) is 0.240. The van der Waals surface area contributed by atoms with Crippen molar-refractivity contribution in [1.29, 1.82) is 0 Å². The first-order valence-corrected chi connectivity index (χ1v) is 8.03. The lowest BCUT2D eigenvalue weighted by Gasteiger charge is -2.28. The van der Waals surface area contributed by atoms with E-state index >= 15 is 0 Å². The summed E-state index contributed by atoms with van der Waals surface area (Å²) in [7, 11) is 3.15. The Balaban J connectivity index is 2.04. The van der Waals surface area contributed by atoms with Crippen LogP contribution in [0.4, 0.5) is 0 Å². The number of carboxylic acid groups (broad SMARTS) is 1. The van der Waals surface area contributed by atoms with Crippen molar-refractivity contribution < 1.29 is 24.5 Å². The summed E-state index contributed by atoms with van der Waals surface area (Å²) in [6.07, 6.45) is -0.886. The summed E-state index contributed by atoms with van der Waals surface area (Å²) in [5, 5.41) is 19.7. The lowest BCUT2D eigenvalue weighted by atomic mass is 9.97. The molecular weight excluding hydrogens is 322 g/mol. The fraction of sp³-hybridized carbons (Fsp3) is 0.316. The van der Waals surface area contributed by atoms with E-state index in [9.17, 15) is 9.90 Å². The maximum Gasteiger partial charge on any atom is 0.304 e. The normalized spacial score (nSPS) is 19.5. The Bertz CT molecular complexity index is 776. The van der Waals surface area contributed by atoms with Crippen LogP contribution in [0.1, 0.15) is 35.4 Å². The van der Waals surface area contributed by atoms with Crippen molar-refractivity contribution in [2.24, 2.45) is 0 Å². The number of fused-ring (bicyclic) bond motifs is 1. The molecule has 1 aliphatic rings. The molecule has 3 rings (SSSR count). The monoisotopic (exact) mass is 343 g/mol. The third-order valence-corrected chi connectivity index (χ3v) is 4.52. The van der Waals surface area contributed by atoms with E-state index in [4.69, 9.17) is 14.6 Å². The largest absolute Gasteiger partial charge is 0.493 e. The second-order valence-electron chi connectivity index (χ2n) is 5.90. The zero-order valence-electron chi connectivity index (χ0n) is 14.2. The molecule has 132 valence electrons. The van der Waals surface area contributed by atoms with Gasteiger partial charge >= 0.3 is 5.97 Å². The molecule has 1 aliphatic heterocycles. The number of methoxy groups -OCH3 is 2. The Kier molecular flexibility index (Phi) is 4.92. The molecule has 2 N–H and O–H groups in total. The van der Waals surface area contributed by atoms with Crippen LogP contribution in [0.2, 0.25) is 0 Å². The number of hydrogen-bond acceptors (Lipinski definition) is 5. The summed E-state index contributed by atoms with van der Waals surface area (Å²) in [6, 6.07) is 13.0. The van der Waals surface area contributed by atoms with Crippen molar-refractivity contribution in [3.63, 3.8) is 0 Å². The highest BCUT2D eigenvalue weighted by molar-refractivity contribution is 5.67. The van der Waals surface area contributed by atoms with Crippen molar-refractivity contribution in [2.45, 2.75) is 18.7 Å². The molecule has 2 aromatic carbocycles. The number of carboxylic acids is 1. The van der Waals surface area contributed by atoms with Gasteiger partial charge in [-0.05, 0) is 23.3 Å². The van der Waals surface area contributed by atoms with Gasteiger partial charge in [0.25, 0.3) is 0 Å². The molecule has 6 heteroatoms. The van der Waals surface area contributed by atoms with E-state index < -0.39 is 12.2 Å². The summed E-state index contributed by atoms with van der Waals surface area (Å²) < 4.78 is 10.7. The molecule has 0 radical (unpaired) electrons. The number of aliphatic hydroxyl groups excluding tert-OH is 1. The van der Waals surface area contributed by atoms with E-state index in [0.29, 0.717) is 11.5 Å². The van der Waals surface area contributed by atoms with Crippen molar-refractivity contribution in [2.75, 3.05) is 20.8 Å². The van der Waals surface area contributed by atoms with Gasteiger partial charge in [-0.15, -0.1) is 0 Å². The van der Waals surface area contributed by atoms with Gasteiger partial charge in [-0.2, -0.15) is 0 Å². The quantitative estimate of drug-likeness (QED) is 0.839. The summed E-state index contributed by atoms with van der Waals surface area (Å²) >= 11 is 0. The molecule has 2 atom stereocenters. The van der Waals surface area contributed by atoms with Crippen LogP contribution in [0.25, 0.3) is 0 Å². The molecule has 0 saturated heterocycles. The van der Waals surface area contributed by atoms with Gasteiger partial charge in [-0.1, -0.05) is 30.3 Å². The maximum absolute atomic E-state index is 11.0. The van der Waals surface area contributed by atoms with Crippen LogP contribution in [0, 0.1) is 0 Å². The van der Waals surface area contributed by atoms with Crippen molar-refractivity contribution >= 4 is 5.97 Å². The molecule has 25 heavy (non-hydrogen) atoms. The first kappa shape index (κ1) is 17.3. The Labute approximate surface area is 146 Å². The Morgan fingerprint density at radius 1 is 1.08 bits per heavy atom. The van der Waals surface area contributed by atoms with Crippen LogP contribution >= 0.6 is 0 Å². The van der Waals surface area contributed by atoms with E-state index in [0.717, 1.165) is 16.7 Å².